The number of nitrogens with zero attached hydrogens (tertiary/aromatic N) is 4. The van der Waals surface area contributed by atoms with Crippen LogP contribution in [0.1, 0.15) is 36.3 Å². The van der Waals surface area contributed by atoms with Crippen molar-refractivity contribution in [3.05, 3.63) is 47.7 Å². The summed E-state index contributed by atoms with van der Waals surface area (Å²) in [5, 5.41) is 11.5. The number of carbonyl (C=O) groups excluding carboxylic acids is 1. The molecule has 6 nitrogen and oxygen atoms in total. The quantitative estimate of drug-likeness (QED) is 0.849. The Labute approximate surface area is 161 Å². The van der Waals surface area contributed by atoms with Crippen molar-refractivity contribution in [3.63, 3.8) is 0 Å². The first-order valence-corrected chi connectivity index (χ1v) is 9.71. The summed E-state index contributed by atoms with van der Waals surface area (Å²) in [6.07, 6.45) is 1.08. The fourth-order valence-corrected chi connectivity index (χ4v) is 3.18. The third kappa shape index (κ3) is 5.18. The van der Waals surface area contributed by atoms with Crippen molar-refractivity contribution in [1.29, 1.82) is 0 Å². The Morgan fingerprint density at radius 1 is 1.11 bits per heavy atom. The van der Waals surface area contributed by atoms with Gasteiger partial charge in [0.25, 0.3) is 5.91 Å². The van der Waals surface area contributed by atoms with E-state index in [0.717, 1.165) is 31.9 Å². The van der Waals surface area contributed by atoms with E-state index >= 15 is 0 Å². The van der Waals surface area contributed by atoms with E-state index in [0.29, 0.717) is 24.7 Å². The molecule has 1 aliphatic heterocycles. The molecule has 1 N–H and O–H groups in total. The minimum absolute atomic E-state index is 0.0416. The third-order valence-corrected chi connectivity index (χ3v) is 4.85. The van der Waals surface area contributed by atoms with Gasteiger partial charge in [-0.05, 0) is 49.1 Å². The SMILES string of the molecule is Cc1cccc(N2CCN(C(=O)c3ccc(NCCC(C)C)nn3)CC2)c1. The first-order chi connectivity index (χ1) is 13.0. The lowest BCUT2D eigenvalue weighted by Gasteiger charge is -2.36. The Bertz CT molecular complexity index is 751. The van der Waals surface area contributed by atoms with Gasteiger partial charge in [0, 0.05) is 38.4 Å². The van der Waals surface area contributed by atoms with Crippen LogP contribution in [-0.2, 0) is 0 Å². The van der Waals surface area contributed by atoms with Crippen LogP contribution in [0.3, 0.4) is 0 Å². The molecule has 144 valence electrons. The third-order valence-electron chi connectivity index (χ3n) is 4.85. The van der Waals surface area contributed by atoms with Gasteiger partial charge in [0.15, 0.2) is 5.69 Å². The van der Waals surface area contributed by atoms with Crippen LogP contribution in [0.4, 0.5) is 11.5 Å². The van der Waals surface area contributed by atoms with Crippen LogP contribution in [0.15, 0.2) is 36.4 Å². The Kier molecular flexibility index (Phi) is 6.27. The molecule has 0 bridgehead atoms. The maximum Gasteiger partial charge on any atom is 0.274 e. The summed E-state index contributed by atoms with van der Waals surface area (Å²) in [5.74, 6) is 1.32. The number of benzene rings is 1. The van der Waals surface area contributed by atoms with E-state index in [2.05, 4.69) is 65.5 Å². The molecular formula is C21H29N5O. The van der Waals surface area contributed by atoms with Gasteiger partial charge in [0.2, 0.25) is 0 Å². The molecule has 1 amide bonds. The highest BCUT2D eigenvalue weighted by Crippen LogP contribution is 2.18. The van der Waals surface area contributed by atoms with Gasteiger partial charge < -0.3 is 15.1 Å². The highest BCUT2D eigenvalue weighted by atomic mass is 16.2. The van der Waals surface area contributed by atoms with Gasteiger partial charge in [-0.15, -0.1) is 10.2 Å². The van der Waals surface area contributed by atoms with Crippen molar-refractivity contribution in [2.75, 3.05) is 42.9 Å². The Morgan fingerprint density at radius 3 is 2.52 bits per heavy atom. The summed E-state index contributed by atoms with van der Waals surface area (Å²) < 4.78 is 0. The number of piperazine rings is 1. The fraction of sp³-hybridized carbons (Fsp3) is 0.476. The predicted molar refractivity (Wildman–Crippen MR) is 109 cm³/mol. The van der Waals surface area contributed by atoms with Crippen molar-refractivity contribution in [1.82, 2.24) is 15.1 Å². The number of aromatic nitrogens is 2. The number of hydrogen-bond acceptors (Lipinski definition) is 5. The summed E-state index contributed by atoms with van der Waals surface area (Å²) >= 11 is 0. The summed E-state index contributed by atoms with van der Waals surface area (Å²) in [5.41, 5.74) is 2.88. The highest BCUT2D eigenvalue weighted by Gasteiger charge is 2.23. The van der Waals surface area contributed by atoms with Gasteiger partial charge in [-0.25, -0.2) is 0 Å². The molecule has 27 heavy (non-hydrogen) atoms. The minimum atomic E-state index is -0.0416. The monoisotopic (exact) mass is 367 g/mol. The van der Waals surface area contributed by atoms with Crippen molar-refractivity contribution < 1.29 is 4.79 Å². The Balaban J connectivity index is 1.53. The maximum absolute atomic E-state index is 12.7. The lowest BCUT2D eigenvalue weighted by molar-refractivity contribution is 0.0739. The molecule has 1 aromatic heterocycles. The molecular weight excluding hydrogens is 338 g/mol. The zero-order chi connectivity index (χ0) is 19.2. The van der Waals surface area contributed by atoms with Crippen LogP contribution in [0.5, 0.6) is 0 Å². The zero-order valence-corrected chi connectivity index (χ0v) is 16.5. The molecule has 0 atom stereocenters. The molecule has 1 aromatic carbocycles. The number of amides is 1. The number of carbonyl (C=O) groups is 1. The van der Waals surface area contributed by atoms with Crippen LogP contribution in [-0.4, -0.2) is 53.7 Å². The lowest BCUT2D eigenvalue weighted by Crippen LogP contribution is -2.49. The van der Waals surface area contributed by atoms with Gasteiger partial charge in [-0.2, -0.15) is 0 Å². The Morgan fingerprint density at radius 2 is 1.89 bits per heavy atom. The molecule has 1 fully saturated rings. The molecule has 0 saturated carbocycles. The van der Waals surface area contributed by atoms with Crippen LogP contribution in [0.25, 0.3) is 0 Å². The van der Waals surface area contributed by atoms with E-state index in [1.807, 2.05) is 11.0 Å². The van der Waals surface area contributed by atoms with E-state index in [4.69, 9.17) is 0 Å². The fourth-order valence-electron chi connectivity index (χ4n) is 3.18. The summed E-state index contributed by atoms with van der Waals surface area (Å²) in [4.78, 5) is 16.9. The largest absolute Gasteiger partial charge is 0.369 e. The van der Waals surface area contributed by atoms with Crippen molar-refractivity contribution in [3.8, 4) is 0 Å². The first kappa shape index (κ1) is 19.1. The second kappa shape index (κ2) is 8.84. The average Bonchev–Trinajstić information content (AvgIpc) is 2.68. The van der Waals surface area contributed by atoms with Crippen LogP contribution >= 0.6 is 0 Å². The smallest absolute Gasteiger partial charge is 0.274 e. The molecule has 0 aliphatic carbocycles. The van der Waals surface area contributed by atoms with Crippen LogP contribution < -0.4 is 10.2 Å². The summed E-state index contributed by atoms with van der Waals surface area (Å²) in [6, 6.07) is 12.1. The molecule has 2 heterocycles. The number of rotatable bonds is 6. The van der Waals surface area contributed by atoms with Gasteiger partial charge in [-0.1, -0.05) is 26.0 Å². The molecule has 1 saturated heterocycles. The van der Waals surface area contributed by atoms with E-state index in [9.17, 15) is 4.79 Å². The minimum Gasteiger partial charge on any atom is -0.369 e. The molecule has 0 unspecified atom stereocenters. The van der Waals surface area contributed by atoms with Crippen molar-refractivity contribution in [2.24, 2.45) is 5.92 Å². The molecule has 2 aromatic rings. The van der Waals surface area contributed by atoms with Crippen LogP contribution in [0, 0.1) is 12.8 Å². The van der Waals surface area contributed by atoms with Gasteiger partial charge in [0.05, 0.1) is 0 Å². The lowest BCUT2D eigenvalue weighted by atomic mass is 10.1. The topological polar surface area (TPSA) is 61.4 Å². The highest BCUT2D eigenvalue weighted by molar-refractivity contribution is 5.92. The summed E-state index contributed by atoms with van der Waals surface area (Å²) in [7, 11) is 0. The van der Waals surface area contributed by atoms with E-state index in [-0.39, 0.29) is 5.91 Å². The number of hydrogen-bond donors (Lipinski definition) is 1. The van der Waals surface area contributed by atoms with Crippen LogP contribution in [0.2, 0.25) is 0 Å². The van der Waals surface area contributed by atoms with Crippen molar-refractivity contribution in [2.45, 2.75) is 27.2 Å². The standard InChI is InChI=1S/C21H29N5O/c1-16(2)9-10-22-20-8-7-19(23-24-20)21(27)26-13-11-25(12-14-26)18-6-4-5-17(3)15-18/h4-8,15-16H,9-14H2,1-3H3,(H,22,24). The van der Waals surface area contributed by atoms with E-state index in [1.165, 1.54) is 11.3 Å². The molecule has 0 spiro atoms. The summed E-state index contributed by atoms with van der Waals surface area (Å²) in [6.45, 7) is 10.4. The van der Waals surface area contributed by atoms with E-state index in [1.54, 1.807) is 6.07 Å². The number of nitrogens with one attached hydrogen (secondary N) is 1. The normalized spacial score (nSPS) is 14.5. The van der Waals surface area contributed by atoms with Crippen molar-refractivity contribution >= 4 is 17.4 Å². The maximum atomic E-state index is 12.7. The van der Waals surface area contributed by atoms with E-state index < -0.39 is 0 Å². The number of anilines is 2. The molecule has 3 rings (SSSR count). The molecule has 6 heteroatoms. The Hall–Kier alpha value is -2.63. The van der Waals surface area contributed by atoms with Gasteiger partial charge in [0.1, 0.15) is 5.82 Å². The van der Waals surface area contributed by atoms with Gasteiger partial charge >= 0.3 is 0 Å². The number of aryl methyl sites for hydroxylation is 1. The second-order valence-electron chi connectivity index (χ2n) is 7.53. The zero-order valence-electron chi connectivity index (χ0n) is 16.5. The molecule has 1 aliphatic rings. The first-order valence-electron chi connectivity index (χ1n) is 9.71. The predicted octanol–water partition coefficient (Wildman–Crippen LogP) is 3.21. The van der Waals surface area contributed by atoms with Gasteiger partial charge in [-0.3, -0.25) is 4.79 Å². The average molecular weight is 367 g/mol. The second-order valence-corrected chi connectivity index (χ2v) is 7.53. The molecule has 0 radical (unpaired) electrons.